The molecule has 1 N–H and O–H groups in total. The van der Waals surface area contributed by atoms with Gasteiger partial charge >= 0.3 is 0 Å². The van der Waals surface area contributed by atoms with Gasteiger partial charge in [0.2, 0.25) is 0 Å². The van der Waals surface area contributed by atoms with Gasteiger partial charge in [-0.1, -0.05) is 11.6 Å². The largest absolute Gasteiger partial charge is 0.458 e. The Morgan fingerprint density at radius 2 is 2.00 bits per heavy atom. The Labute approximate surface area is 93.5 Å². The van der Waals surface area contributed by atoms with Gasteiger partial charge in [0, 0.05) is 10.4 Å². The maximum Gasteiger partial charge on any atom is 0.135 e. The highest BCUT2D eigenvalue weighted by Crippen LogP contribution is 2.32. The normalized spacial score (nSPS) is 13.4. The molecule has 0 spiro atoms. The highest BCUT2D eigenvalue weighted by molar-refractivity contribution is 6.33. The van der Waals surface area contributed by atoms with Crippen molar-refractivity contribution in [2.45, 2.75) is 26.9 Å². The van der Waals surface area contributed by atoms with E-state index in [4.69, 9.17) is 16.0 Å². The van der Waals surface area contributed by atoms with Crippen LogP contribution in [-0.2, 0) is 0 Å². The molecule has 0 radical (unpaired) electrons. The van der Waals surface area contributed by atoms with Crippen LogP contribution in [0.2, 0.25) is 5.02 Å². The maximum absolute atomic E-state index is 9.43. The molecule has 1 heterocycles. The molecule has 2 nitrogen and oxygen atoms in total. The van der Waals surface area contributed by atoms with Gasteiger partial charge in [0.05, 0.1) is 0 Å². The Balaban J connectivity index is 2.76. The van der Waals surface area contributed by atoms with E-state index in [-0.39, 0.29) is 0 Å². The Bertz CT molecular complexity index is 512. The van der Waals surface area contributed by atoms with Crippen molar-refractivity contribution in [1.29, 1.82) is 0 Å². The third-order valence-corrected chi connectivity index (χ3v) is 3.20. The minimum absolute atomic E-state index is 0.578. The van der Waals surface area contributed by atoms with Gasteiger partial charge in [-0.3, -0.25) is 0 Å². The molecule has 0 aliphatic rings. The predicted octanol–water partition coefficient (Wildman–Crippen LogP) is 3.76. The maximum atomic E-state index is 9.43. The highest BCUT2D eigenvalue weighted by Gasteiger charge is 2.13. The molecule has 0 saturated carbocycles. The number of benzene rings is 1. The molecule has 0 aliphatic heterocycles. The van der Waals surface area contributed by atoms with Crippen LogP contribution in [0.4, 0.5) is 0 Å². The monoisotopic (exact) mass is 224 g/mol. The summed E-state index contributed by atoms with van der Waals surface area (Å²) in [6.45, 7) is 5.58. The fourth-order valence-corrected chi connectivity index (χ4v) is 1.86. The average molecular weight is 225 g/mol. The van der Waals surface area contributed by atoms with Crippen LogP contribution in [0, 0.1) is 13.8 Å². The van der Waals surface area contributed by atoms with E-state index < -0.39 is 6.10 Å². The van der Waals surface area contributed by atoms with Crippen LogP contribution in [0.3, 0.4) is 0 Å². The van der Waals surface area contributed by atoms with Crippen LogP contribution in [0.15, 0.2) is 16.5 Å². The molecule has 1 unspecified atom stereocenters. The fourth-order valence-electron chi connectivity index (χ4n) is 1.70. The third-order valence-electron chi connectivity index (χ3n) is 2.62. The zero-order valence-electron chi connectivity index (χ0n) is 8.97. The van der Waals surface area contributed by atoms with Crippen molar-refractivity contribution in [1.82, 2.24) is 0 Å². The highest BCUT2D eigenvalue weighted by atomic mass is 35.5. The lowest BCUT2D eigenvalue weighted by molar-refractivity contribution is 0.172. The summed E-state index contributed by atoms with van der Waals surface area (Å²) in [5.41, 5.74) is 2.78. The average Bonchev–Trinajstić information content (AvgIpc) is 2.58. The standard InChI is InChI=1S/C12H13ClO2/c1-6-4-11-9(7(2)12(6)13)5-10(15-11)8(3)14/h4-5,8,14H,1-3H3. The van der Waals surface area contributed by atoms with Gasteiger partial charge in [-0.25, -0.2) is 0 Å². The number of hydrogen-bond donors (Lipinski definition) is 1. The first-order valence-electron chi connectivity index (χ1n) is 4.88. The topological polar surface area (TPSA) is 33.4 Å². The third kappa shape index (κ3) is 1.64. The second-order valence-electron chi connectivity index (χ2n) is 3.87. The Morgan fingerprint density at radius 1 is 1.33 bits per heavy atom. The van der Waals surface area contributed by atoms with Crippen molar-refractivity contribution < 1.29 is 9.52 Å². The first kappa shape index (κ1) is 10.5. The molecule has 3 heteroatoms. The molecule has 0 saturated heterocycles. The summed E-state index contributed by atoms with van der Waals surface area (Å²) in [5.74, 6) is 0.578. The van der Waals surface area contributed by atoms with Gasteiger partial charge in [0.25, 0.3) is 0 Å². The molecule has 1 atom stereocenters. The Hall–Kier alpha value is -0.990. The van der Waals surface area contributed by atoms with Crippen molar-refractivity contribution >= 4 is 22.6 Å². The Kier molecular flexibility index (Phi) is 2.49. The number of rotatable bonds is 1. The number of fused-ring (bicyclic) bond motifs is 1. The second-order valence-corrected chi connectivity index (χ2v) is 4.25. The summed E-state index contributed by atoms with van der Waals surface area (Å²) in [6, 6.07) is 3.75. The molecule has 0 fully saturated rings. The van der Waals surface area contributed by atoms with E-state index in [2.05, 4.69) is 0 Å². The van der Waals surface area contributed by atoms with Gasteiger partial charge in [-0.05, 0) is 44.0 Å². The van der Waals surface area contributed by atoms with Crippen LogP contribution in [0.25, 0.3) is 11.0 Å². The van der Waals surface area contributed by atoms with Gasteiger partial charge < -0.3 is 9.52 Å². The van der Waals surface area contributed by atoms with Gasteiger partial charge in [0.1, 0.15) is 17.4 Å². The summed E-state index contributed by atoms with van der Waals surface area (Å²) in [5, 5.41) is 11.2. The van der Waals surface area contributed by atoms with E-state index >= 15 is 0 Å². The molecule has 1 aromatic carbocycles. The number of furan rings is 1. The lowest BCUT2D eigenvalue weighted by atomic mass is 10.1. The van der Waals surface area contributed by atoms with E-state index in [1.807, 2.05) is 26.0 Å². The number of hydrogen-bond acceptors (Lipinski definition) is 2. The summed E-state index contributed by atoms with van der Waals surface area (Å²) in [7, 11) is 0. The molecule has 2 aromatic rings. The van der Waals surface area contributed by atoms with Crippen molar-refractivity contribution in [3.05, 3.63) is 34.0 Å². The number of aryl methyl sites for hydroxylation is 2. The van der Waals surface area contributed by atoms with Crippen molar-refractivity contribution in [3.8, 4) is 0 Å². The zero-order valence-corrected chi connectivity index (χ0v) is 9.72. The van der Waals surface area contributed by atoms with Crippen LogP contribution >= 0.6 is 11.6 Å². The molecule has 2 rings (SSSR count). The van der Waals surface area contributed by atoms with E-state index in [1.165, 1.54) is 0 Å². The van der Waals surface area contributed by atoms with Crippen LogP contribution in [0.1, 0.15) is 29.9 Å². The van der Waals surface area contributed by atoms with Gasteiger partial charge in [0.15, 0.2) is 0 Å². The summed E-state index contributed by atoms with van der Waals surface area (Å²) >= 11 is 6.14. The lowest BCUT2D eigenvalue weighted by Gasteiger charge is -2.02. The summed E-state index contributed by atoms with van der Waals surface area (Å²) in [6.07, 6.45) is -0.587. The first-order valence-corrected chi connectivity index (χ1v) is 5.25. The quantitative estimate of drug-likeness (QED) is 0.800. The fraction of sp³-hybridized carbons (Fsp3) is 0.333. The van der Waals surface area contributed by atoms with Gasteiger partial charge in [-0.15, -0.1) is 0 Å². The van der Waals surface area contributed by atoms with E-state index in [0.717, 1.165) is 27.1 Å². The zero-order chi connectivity index (χ0) is 11.2. The first-order chi connectivity index (χ1) is 7.00. The summed E-state index contributed by atoms with van der Waals surface area (Å²) in [4.78, 5) is 0. The number of halogens is 1. The molecule has 1 aromatic heterocycles. The van der Waals surface area contributed by atoms with E-state index in [0.29, 0.717) is 5.76 Å². The molecular weight excluding hydrogens is 212 g/mol. The summed E-state index contributed by atoms with van der Waals surface area (Å²) < 4.78 is 5.54. The van der Waals surface area contributed by atoms with Crippen LogP contribution in [0.5, 0.6) is 0 Å². The minimum atomic E-state index is -0.587. The van der Waals surface area contributed by atoms with Crippen molar-refractivity contribution in [2.75, 3.05) is 0 Å². The molecule has 15 heavy (non-hydrogen) atoms. The molecule has 80 valence electrons. The van der Waals surface area contributed by atoms with Crippen LogP contribution < -0.4 is 0 Å². The van der Waals surface area contributed by atoms with E-state index in [1.54, 1.807) is 6.92 Å². The molecule has 0 aliphatic carbocycles. The Morgan fingerprint density at radius 3 is 2.60 bits per heavy atom. The molecular formula is C12H13ClO2. The van der Waals surface area contributed by atoms with Crippen LogP contribution in [-0.4, -0.2) is 5.11 Å². The van der Waals surface area contributed by atoms with Crippen molar-refractivity contribution in [2.24, 2.45) is 0 Å². The minimum Gasteiger partial charge on any atom is -0.458 e. The van der Waals surface area contributed by atoms with Crippen molar-refractivity contribution in [3.63, 3.8) is 0 Å². The number of aliphatic hydroxyl groups excluding tert-OH is 1. The lowest BCUT2D eigenvalue weighted by Crippen LogP contribution is -1.85. The smallest absolute Gasteiger partial charge is 0.135 e. The van der Waals surface area contributed by atoms with E-state index in [9.17, 15) is 5.11 Å². The van der Waals surface area contributed by atoms with Gasteiger partial charge in [-0.2, -0.15) is 0 Å². The predicted molar refractivity (Wildman–Crippen MR) is 61.3 cm³/mol. The number of aliphatic hydroxyl groups is 1. The molecule has 0 amide bonds. The molecule has 0 bridgehead atoms. The SMILES string of the molecule is Cc1cc2oc(C(C)O)cc2c(C)c1Cl. The second kappa shape index (κ2) is 3.54.